The van der Waals surface area contributed by atoms with Crippen molar-refractivity contribution >= 4 is 41.7 Å². The molecule has 1 rings (SSSR count). The van der Waals surface area contributed by atoms with Crippen molar-refractivity contribution in [3.05, 3.63) is 35.9 Å². The number of thioether (sulfide) groups is 1. The molecule has 0 radical (unpaired) electrons. The Bertz CT molecular complexity index is 418. The van der Waals surface area contributed by atoms with E-state index in [1.165, 1.54) is 5.56 Å². The standard InChI is InChI=1S/C17H29N3OS.HI/c1-4-18-17(19-10-11-22-3)20-12-15(2)13-21-14-16-8-6-5-7-9-16;/h5-9,15H,4,10-14H2,1-3H3,(H2,18,19,20);1H. The van der Waals surface area contributed by atoms with Gasteiger partial charge in [-0.25, -0.2) is 0 Å². The van der Waals surface area contributed by atoms with Gasteiger partial charge in [0.25, 0.3) is 0 Å². The van der Waals surface area contributed by atoms with E-state index in [-0.39, 0.29) is 24.0 Å². The smallest absolute Gasteiger partial charge is 0.191 e. The number of rotatable bonds is 10. The van der Waals surface area contributed by atoms with Crippen LogP contribution in [-0.2, 0) is 11.3 Å². The normalized spacial score (nSPS) is 12.4. The molecular formula is C17H30IN3OS. The van der Waals surface area contributed by atoms with E-state index < -0.39 is 0 Å². The zero-order chi connectivity index (χ0) is 16.0. The summed E-state index contributed by atoms with van der Waals surface area (Å²) < 4.78 is 5.76. The van der Waals surface area contributed by atoms with E-state index in [1.54, 1.807) is 0 Å². The van der Waals surface area contributed by atoms with E-state index in [4.69, 9.17) is 4.74 Å². The van der Waals surface area contributed by atoms with Gasteiger partial charge in [0.15, 0.2) is 5.96 Å². The molecular weight excluding hydrogens is 421 g/mol. The van der Waals surface area contributed by atoms with Crippen molar-refractivity contribution in [1.82, 2.24) is 10.6 Å². The van der Waals surface area contributed by atoms with E-state index in [0.717, 1.165) is 38.0 Å². The average molecular weight is 451 g/mol. The molecule has 1 aromatic rings. The molecule has 1 atom stereocenters. The Morgan fingerprint density at radius 2 is 2.00 bits per heavy atom. The second kappa shape index (κ2) is 15.1. The van der Waals surface area contributed by atoms with Crippen LogP contribution >= 0.6 is 35.7 Å². The number of guanidine groups is 1. The van der Waals surface area contributed by atoms with Gasteiger partial charge in [-0.15, -0.1) is 24.0 Å². The molecule has 0 heterocycles. The molecule has 0 spiro atoms. The number of nitrogens with zero attached hydrogens (tertiary/aromatic N) is 1. The summed E-state index contributed by atoms with van der Waals surface area (Å²) in [5.74, 6) is 2.38. The molecule has 0 saturated carbocycles. The minimum atomic E-state index is 0. The molecule has 0 saturated heterocycles. The molecule has 6 heteroatoms. The van der Waals surface area contributed by atoms with Crippen LogP contribution in [0, 0.1) is 5.92 Å². The van der Waals surface area contributed by atoms with Gasteiger partial charge in [-0.2, -0.15) is 11.8 Å². The monoisotopic (exact) mass is 451 g/mol. The zero-order valence-electron chi connectivity index (χ0n) is 14.4. The van der Waals surface area contributed by atoms with Gasteiger partial charge in [0, 0.05) is 25.4 Å². The Morgan fingerprint density at radius 1 is 1.26 bits per heavy atom. The molecule has 0 bridgehead atoms. The SMILES string of the molecule is CCNC(=NCC(C)COCc1ccccc1)NCCSC.I. The maximum absolute atomic E-state index is 5.76. The van der Waals surface area contributed by atoms with Crippen molar-refractivity contribution in [2.45, 2.75) is 20.5 Å². The number of nitrogens with one attached hydrogen (secondary N) is 2. The molecule has 2 N–H and O–H groups in total. The van der Waals surface area contributed by atoms with Crippen LogP contribution in [0.2, 0.25) is 0 Å². The van der Waals surface area contributed by atoms with Crippen LogP contribution in [-0.4, -0.2) is 44.2 Å². The molecule has 4 nitrogen and oxygen atoms in total. The molecule has 0 fully saturated rings. The summed E-state index contributed by atoms with van der Waals surface area (Å²) in [5.41, 5.74) is 1.21. The van der Waals surface area contributed by atoms with Crippen LogP contribution < -0.4 is 10.6 Å². The van der Waals surface area contributed by atoms with Gasteiger partial charge in [0.1, 0.15) is 0 Å². The largest absolute Gasteiger partial charge is 0.376 e. The Kier molecular flexibility index (Phi) is 14.8. The third kappa shape index (κ3) is 11.7. The number of benzene rings is 1. The van der Waals surface area contributed by atoms with E-state index in [9.17, 15) is 0 Å². The number of hydrogen-bond acceptors (Lipinski definition) is 3. The lowest BCUT2D eigenvalue weighted by Crippen LogP contribution is -2.38. The van der Waals surface area contributed by atoms with Gasteiger partial charge in [-0.3, -0.25) is 4.99 Å². The third-order valence-corrected chi connectivity index (χ3v) is 3.63. The summed E-state index contributed by atoms with van der Waals surface area (Å²) >= 11 is 1.83. The lowest BCUT2D eigenvalue weighted by atomic mass is 10.2. The van der Waals surface area contributed by atoms with Gasteiger partial charge in [-0.1, -0.05) is 37.3 Å². The fraction of sp³-hybridized carbons (Fsp3) is 0.588. The summed E-state index contributed by atoms with van der Waals surface area (Å²) in [6.45, 7) is 8.22. The Morgan fingerprint density at radius 3 is 2.65 bits per heavy atom. The van der Waals surface area contributed by atoms with E-state index in [2.05, 4.69) is 47.9 Å². The Hall–Kier alpha value is -0.470. The van der Waals surface area contributed by atoms with Crippen LogP contribution in [0.5, 0.6) is 0 Å². The molecule has 0 aliphatic heterocycles. The van der Waals surface area contributed by atoms with Crippen molar-refractivity contribution < 1.29 is 4.74 Å². The van der Waals surface area contributed by atoms with Crippen LogP contribution in [0.1, 0.15) is 19.4 Å². The van der Waals surface area contributed by atoms with Gasteiger partial charge in [-0.05, 0) is 24.7 Å². The maximum atomic E-state index is 5.76. The summed E-state index contributed by atoms with van der Waals surface area (Å²) in [4.78, 5) is 4.62. The fourth-order valence-electron chi connectivity index (χ4n) is 1.87. The van der Waals surface area contributed by atoms with E-state index in [1.807, 2.05) is 30.0 Å². The molecule has 0 aliphatic rings. The first kappa shape index (κ1) is 22.5. The highest BCUT2D eigenvalue weighted by atomic mass is 127. The van der Waals surface area contributed by atoms with Gasteiger partial charge in [0.2, 0.25) is 0 Å². The van der Waals surface area contributed by atoms with E-state index in [0.29, 0.717) is 12.5 Å². The minimum Gasteiger partial charge on any atom is -0.376 e. The average Bonchev–Trinajstić information content (AvgIpc) is 2.54. The quantitative estimate of drug-likeness (QED) is 0.248. The molecule has 1 aromatic carbocycles. The fourth-order valence-corrected chi connectivity index (χ4v) is 2.17. The number of halogens is 1. The second-order valence-corrected chi connectivity index (χ2v) is 6.23. The number of hydrogen-bond donors (Lipinski definition) is 2. The maximum Gasteiger partial charge on any atom is 0.191 e. The lowest BCUT2D eigenvalue weighted by molar-refractivity contribution is 0.0945. The lowest BCUT2D eigenvalue weighted by Gasteiger charge is -2.13. The van der Waals surface area contributed by atoms with Crippen molar-refractivity contribution in [1.29, 1.82) is 0 Å². The minimum absolute atomic E-state index is 0. The molecule has 0 amide bonds. The van der Waals surface area contributed by atoms with Crippen molar-refractivity contribution in [3.8, 4) is 0 Å². The third-order valence-electron chi connectivity index (χ3n) is 3.02. The van der Waals surface area contributed by atoms with Crippen LogP contribution in [0.25, 0.3) is 0 Å². The summed E-state index contributed by atoms with van der Waals surface area (Å²) in [5, 5.41) is 6.60. The highest BCUT2D eigenvalue weighted by molar-refractivity contribution is 14.0. The van der Waals surface area contributed by atoms with Gasteiger partial charge in [0.05, 0.1) is 13.2 Å². The summed E-state index contributed by atoms with van der Waals surface area (Å²) in [6, 6.07) is 10.3. The van der Waals surface area contributed by atoms with Crippen molar-refractivity contribution in [2.24, 2.45) is 10.9 Å². The number of aliphatic imine (C=N–C) groups is 1. The highest BCUT2D eigenvalue weighted by Crippen LogP contribution is 2.03. The van der Waals surface area contributed by atoms with Gasteiger partial charge < -0.3 is 15.4 Å². The highest BCUT2D eigenvalue weighted by Gasteiger charge is 2.03. The van der Waals surface area contributed by atoms with Crippen molar-refractivity contribution in [3.63, 3.8) is 0 Å². The van der Waals surface area contributed by atoms with E-state index >= 15 is 0 Å². The molecule has 132 valence electrons. The van der Waals surface area contributed by atoms with Crippen LogP contribution in [0.15, 0.2) is 35.3 Å². The molecule has 23 heavy (non-hydrogen) atoms. The van der Waals surface area contributed by atoms with Crippen LogP contribution in [0.4, 0.5) is 0 Å². The number of ether oxygens (including phenoxy) is 1. The predicted molar refractivity (Wildman–Crippen MR) is 113 cm³/mol. The predicted octanol–water partition coefficient (Wildman–Crippen LogP) is 3.38. The first-order chi connectivity index (χ1) is 10.8. The second-order valence-electron chi connectivity index (χ2n) is 5.25. The summed E-state index contributed by atoms with van der Waals surface area (Å²) in [6.07, 6.45) is 2.11. The topological polar surface area (TPSA) is 45.7 Å². The molecule has 1 unspecified atom stereocenters. The molecule has 0 aliphatic carbocycles. The summed E-state index contributed by atoms with van der Waals surface area (Å²) in [7, 11) is 0. The first-order valence-corrected chi connectivity index (χ1v) is 9.28. The van der Waals surface area contributed by atoms with Crippen molar-refractivity contribution in [2.75, 3.05) is 38.2 Å². The zero-order valence-corrected chi connectivity index (χ0v) is 17.5. The molecule has 0 aromatic heterocycles. The van der Waals surface area contributed by atoms with Crippen LogP contribution in [0.3, 0.4) is 0 Å². The first-order valence-electron chi connectivity index (χ1n) is 7.89. The van der Waals surface area contributed by atoms with Gasteiger partial charge >= 0.3 is 0 Å². The Balaban J connectivity index is 0.00000484. The Labute approximate surface area is 162 Å².